The smallest absolute Gasteiger partial charge is 0.322 e. The Bertz CT molecular complexity index is 802. The van der Waals surface area contributed by atoms with E-state index in [1.54, 1.807) is 30.3 Å². The summed E-state index contributed by atoms with van der Waals surface area (Å²) in [5, 5.41) is 9.31. The van der Waals surface area contributed by atoms with Gasteiger partial charge in [-0.1, -0.05) is 30.3 Å². The fraction of sp³-hybridized carbons (Fsp3) is 0.500. The van der Waals surface area contributed by atoms with Crippen LogP contribution < -0.4 is 4.72 Å². The minimum Gasteiger partial charge on any atom is -0.480 e. The highest BCUT2D eigenvalue weighted by atomic mass is 32.2. The zero-order chi connectivity index (χ0) is 18.7. The number of carbonyl (C=O) groups is 1. The molecular formula is C14H21N3O6S2. The first-order chi connectivity index (χ1) is 11.6. The Morgan fingerprint density at radius 1 is 1.08 bits per heavy atom. The molecule has 0 spiro atoms. The normalized spacial score (nSPS) is 18.8. The summed E-state index contributed by atoms with van der Waals surface area (Å²) in [6.07, 6.45) is 1.08. The first-order valence-electron chi connectivity index (χ1n) is 7.59. The van der Waals surface area contributed by atoms with Gasteiger partial charge in [0.05, 0.1) is 6.26 Å². The number of hydrogen-bond donors (Lipinski definition) is 2. The molecule has 1 aliphatic heterocycles. The molecule has 0 amide bonds. The maximum Gasteiger partial charge on any atom is 0.322 e. The summed E-state index contributed by atoms with van der Waals surface area (Å²) in [5.41, 5.74) is 0.694. The summed E-state index contributed by atoms with van der Waals surface area (Å²) in [7, 11) is -7.41. The Hall–Kier alpha value is -1.53. The minimum absolute atomic E-state index is 0.0126. The van der Waals surface area contributed by atoms with Crippen LogP contribution in [-0.4, -0.2) is 75.0 Å². The standard InChI is InChI=1S/C14H21N3O6S2/c1-24(20,21)16-7-9-17(10-8-16)25(22,23)15-13(14(18)19)11-12-5-3-2-4-6-12/h2-6,13,15H,7-11H2,1H3,(H,18,19)/t13-/m1/s1. The van der Waals surface area contributed by atoms with Gasteiger partial charge in [0, 0.05) is 26.2 Å². The molecule has 1 saturated heterocycles. The molecule has 1 heterocycles. The van der Waals surface area contributed by atoms with E-state index in [1.807, 2.05) is 0 Å². The Morgan fingerprint density at radius 2 is 1.60 bits per heavy atom. The van der Waals surface area contributed by atoms with E-state index in [-0.39, 0.29) is 32.6 Å². The topological polar surface area (TPSA) is 124 Å². The Labute approximate surface area is 147 Å². The maximum absolute atomic E-state index is 12.4. The van der Waals surface area contributed by atoms with Gasteiger partial charge in [-0.25, -0.2) is 8.42 Å². The molecule has 2 rings (SSSR count). The van der Waals surface area contributed by atoms with Crippen LogP contribution >= 0.6 is 0 Å². The third-order valence-corrected chi connectivity index (χ3v) is 6.81. The van der Waals surface area contributed by atoms with Crippen molar-refractivity contribution in [3.05, 3.63) is 35.9 Å². The van der Waals surface area contributed by atoms with Crippen molar-refractivity contribution in [2.45, 2.75) is 12.5 Å². The van der Waals surface area contributed by atoms with E-state index in [0.717, 1.165) is 10.6 Å². The summed E-state index contributed by atoms with van der Waals surface area (Å²) < 4.78 is 52.3. The van der Waals surface area contributed by atoms with Gasteiger partial charge < -0.3 is 5.11 Å². The van der Waals surface area contributed by atoms with Crippen molar-refractivity contribution in [2.24, 2.45) is 0 Å². The number of carboxylic acid groups (broad SMARTS) is 1. The molecule has 9 nitrogen and oxygen atoms in total. The highest BCUT2D eigenvalue weighted by molar-refractivity contribution is 7.88. The summed E-state index contributed by atoms with van der Waals surface area (Å²) >= 11 is 0. The molecule has 1 aromatic rings. The predicted octanol–water partition coefficient (Wildman–Crippen LogP) is -0.906. The van der Waals surface area contributed by atoms with Gasteiger partial charge in [0.15, 0.2) is 0 Å². The van der Waals surface area contributed by atoms with Crippen LogP contribution in [0.4, 0.5) is 0 Å². The molecule has 0 aromatic heterocycles. The number of nitrogens with one attached hydrogen (secondary N) is 1. The SMILES string of the molecule is CS(=O)(=O)N1CCN(S(=O)(=O)N[C@H](Cc2ccccc2)C(=O)O)CC1. The number of nitrogens with zero attached hydrogens (tertiary/aromatic N) is 2. The van der Waals surface area contributed by atoms with Gasteiger partial charge in [-0.3, -0.25) is 4.79 Å². The van der Waals surface area contributed by atoms with Crippen LogP contribution in [0.1, 0.15) is 5.56 Å². The lowest BCUT2D eigenvalue weighted by Gasteiger charge is -2.33. The summed E-state index contributed by atoms with van der Waals surface area (Å²) in [5.74, 6) is -1.28. The molecule has 140 valence electrons. The van der Waals surface area contributed by atoms with Crippen LogP contribution in [0.3, 0.4) is 0 Å². The van der Waals surface area contributed by atoms with E-state index in [9.17, 15) is 26.7 Å². The van der Waals surface area contributed by atoms with Gasteiger partial charge in [0.1, 0.15) is 6.04 Å². The number of rotatable bonds is 7. The van der Waals surface area contributed by atoms with E-state index < -0.39 is 32.2 Å². The Kier molecular flexibility index (Phi) is 6.16. The largest absolute Gasteiger partial charge is 0.480 e. The van der Waals surface area contributed by atoms with Crippen molar-refractivity contribution in [1.82, 2.24) is 13.3 Å². The monoisotopic (exact) mass is 391 g/mol. The molecule has 0 aliphatic carbocycles. The van der Waals surface area contributed by atoms with Crippen molar-refractivity contribution >= 4 is 26.2 Å². The molecule has 0 bridgehead atoms. The van der Waals surface area contributed by atoms with Crippen LogP contribution in [-0.2, 0) is 31.4 Å². The van der Waals surface area contributed by atoms with E-state index >= 15 is 0 Å². The second-order valence-electron chi connectivity index (χ2n) is 5.76. The van der Waals surface area contributed by atoms with Gasteiger partial charge in [0.25, 0.3) is 10.2 Å². The second-order valence-corrected chi connectivity index (χ2v) is 9.45. The van der Waals surface area contributed by atoms with Crippen molar-refractivity contribution in [2.75, 3.05) is 32.4 Å². The van der Waals surface area contributed by atoms with E-state index in [1.165, 1.54) is 4.31 Å². The molecule has 2 N–H and O–H groups in total. The van der Waals surface area contributed by atoms with Gasteiger partial charge in [-0.15, -0.1) is 0 Å². The second kappa shape index (κ2) is 7.79. The van der Waals surface area contributed by atoms with Gasteiger partial charge in [0.2, 0.25) is 10.0 Å². The van der Waals surface area contributed by atoms with Gasteiger partial charge in [-0.2, -0.15) is 21.8 Å². The molecule has 1 aromatic carbocycles. The highest BCUT2D eigenvalue weighted by Gasteiger charge is 2.33. The summed E-state index contributed by atoms with van der Waals surface area (Å²) in [4.78, 5) is 11.4. The highest BCUT2D eigenvalue weighted by Crippen LogP contribution is 2.11. The lowest BCUT2D eigenvalue weighted by Crippen LogP contribution is -2.55. The predicted molar refractivity (Wildman–Crippen MR) is 91.6 cm³/mol. The lowest BCUT2D eigenvalue weighted by atomic mass is 10.1. The number of aliphatic carboxylic acids is 1. The first-order valence-corrected chi connectivity index (χ1v) is 10.9. The lowest BCUT2D eigenvalue weighted by molar-refractivity contribution is -0.138. The molecule has 0 saturated carbocycles. The summed E-state index contributed by atoms with van der Waals surface area (Å²) in [6, 6.07) is 7.40. The third kappa shape index (κ3) is 5.47. The first kappa shape index (κ1) is 19.8. The third-order valence-electron chi connectivity index (χ3n) is 3.88. The zero-order valence-electron chi connectivity index (χ0n) is 13.7. The van der Waals surface area contributed by atoms with E-state index in [2.05, 4.69) is 4.72 Å². The van der Waals surface area contributed by atoms with Gasteiger partial charge in [-0.05, 0) is 12.0 Å². The van der Waals surface area contributed by atoms with Crippen LogP contribution in [0.2, 0.25) is 0 Å². The van der Waals surface area contributed by atoms with Crippen molar-refractivity contribution in [3.63, 3.8) is 0 Å². The van der Waals surface area contributed by atoms with Crippen LogP contribution in [0, 0.1) is 0 Å². The number of sulfonamides is 1. The van der Waals surface area contributed by atoms with Crippen molar-refractivity contribution in [1.29, 1.82) is 0 Å². The van der Waals surface area contributed by atoms with Crippen molar-refractivity contribution in [3.8, 4) is 0 Å². The van der Waals surface area contributed by atoms with Crippen molar-refractivity contribution < 1.29 is 26.7 Å². The molecule has 1 atom stereocenters. The minimum atomic E-state index is -4.04. The van der Waals surface area contributed by atoms with Crippen LogP contribution in [0.5, 0.6) is 0 Å². The fourth-order valence-corrected chi connectivity index (χ4v) is 4.69. The summed E-state index contributed by atoms with van der Waals surface area (Å²) in [6.45, 7) is 0.0203. The maximum atomic E-state index is 12.4. The Balaban J connectivity index is 2.04. The fourth-order valence-electron chi connectivity index (χ4n) is 2.53. The van der Waals surface area contributed by atoms with Crippen LogP contribution in [0.25, 0.3) is 0 Å². The average molecular weight is 391 g/mol. The zero-order valence-corrected chi connectivity index (χ0v) is 15.3. The quantitative estimate of drug-likeness (QED) is 0.620. The number of hydrogen-bond acceptors (Lipinski definition) is 5. The number of benzene rings is 1. The Morgan fingerprint density at radius 3 is 2.08 bits per heavy atom. The molecular weight excluding hydrogens is 370 g/mol. The van der Waals surface area contributed by atoms with Gasteiger partial charge >= 0.3 is 5.97 Å². The van der Waals surface area contributed by atoms with Crippen LogP contribution in [0.15, 0.2) is 30.3 Å². The number of piperazine rings is 1. The average Bonchev–Trinajstić information content (AvgIpc) is 2.54. The molecule has 1 fully saturated rings. The molecule has 0 unspecified atom stereocenters. The molecule has 25 heavy (non-hydrogen) atoms. The number of carboxylic acids is 1. The molecule has 11 heteroatoms. The molecule has 1 aliphatic rings. The van der Waals surface area contributed by atoms with E-state index in [4.69, 9.17) is 0 Å². The molecule has 0 radical (unpaired) electrons. The van der Waals surface area contributed by atoms with E-state index in [0.29, 0.717) is 5.56 Å².